The third-order valence-corrected chi connectivity index (χ3v) is 6.96. The molecule has 0 N–H and O–H groups in total. The number of fused-ring (bicyclic) bond motifs is 1. The number of carbonyl (C=O) groups is 2. The van der Waals surface area contributed by atoms with Crippen LogP contribution in [0, 0.1) is 47.3 Å². The van der Waals surface area contributed by atoms with Gasteiger partial charge in [-0.1, -0.05) is 18.2 Å². The summed E-state index contributed by atoms with van der Waals surface area (Å²) in [6.07, 6.45) is 1.31. The highest BCUT2D eigenvalue weighted by Gasteiger charge is 2.83. The molecule has 1 aromatic carbocycles. The van der Waals surface area contributed by atoms with Crippen molar-refractivity contribution < 1.29 is 9.59 Å². The van der Waals surface area contributed by atoms with Crippen LogP contribution in [0.25, 0.3) is 0 Å². The fraction of sp³-hybridized carbons (Fsp3) is 0.529. The van der Waals surface area contributed by atoms with Crippen LogP contribution in [0.5, 0.6) is 0 Å². The standard InChI is InChI=1S/C17H15NO2/c19-16-14-12-9-6-8-10(12)11(8)13(9)15(14)17(20)18(16)7-4-2-1-3-5-7/h1-5,8-15H,6H2. The lowest BCUT2D eigenvalue weighted by atomic mass is 9.81. The molecule has 3 nitrogen and oxygen atoms in total. The van der Waals surface area contributed by atoms with Crippen molar-refractivity contribution in [2.75, 3.05) is 4.90 Å². The Hall–Kier alpha value is -1.64. The van der Waals surface area contributed by atoms with Crippen LogP contribution in [0.2, 0.25) is 0 Å². The van der Waals surface area contributed by atoms with Crippen molar-refractivity contribution in [1.29, 1.82) is 0 Å². The second kappa shape index (κ2) is 2.85. The van der Waals surface area contributed by atoms with Crippen LogP contribution in [0.15, 0.2) is 30.3 Å². The number of nitrogens with zero attached hydrogens (tertiary/aromatic N) is 1. The van der Waals surface area contributed by atoms with Gasteiger partial charge in [0.25, 0.3) is 0 Å². The van der Waals surface area contributed by atoms with Gasteiger partial charge in [0.05, 0.1) is 17.5 Å². The molecule has 20 heavy (non-hydrogen) atoms. The van der Waals surface area contributed by atoms with Gasteiger partial charge in [-0.15, -0.1) is 0 Å². The zero-order valence-electron chi connectivity index (χ0n) is 11.0. The van der Waals surface area contributed by atoms with E-state index in [1.807, 2.05) is 30.3 Å². The maximum absolute atomic E-state index is 12.8. The number of rotatable bonds is 1. The van der Waals surface area contributed by atoms with Gasteiger partial charge in [-0.05, 0) is 54.1 Å². The summed E-state index contributed by atoms with van der Waals surface area (Å²) >= 11 is 0. The molecule has 0 radical (unpaired) electrons. The van der Waals surface area contributed by atoms with E-state index >= 15 is 0 Å². The Morgan fingerprint density at radius 3 is 1.90 bits per heavy atom. The molecule has 7 rings (SSSR count). The molecule has 6 fully saturated rings. The van der Waals surface area contributed by atoms with Gasteiger partial charge in [0.15, 0.2) is 0 Å². The highest BCUT2D eigenvalue weighted by atomic mass is 16.2. The highest BCUT2D eigenvalue weighted by Crippen LogP contribution is 2.84. The minimum atomic E-state index is 0.0199. The average Bonchev–Trinajstić information content (AvgIpc) is 2.89. The van der Waals surface area contributed by atoms with Crippen molar-refractivity contribution in [1.82, 2.24) is 0 Å². The highest BCUT2D eigenvalue weighted by molar-refractivity contribution is 6.22. The molecule has 6 aliphatic rings. The summed E-state index contributed by atoms with van der Waals surface area (Å²) in [5, 5.41) is 0. The second-order valence-corrected chi connectivity index (χ2v) is 7.27. The zero-order chi connectivity index (χ0) is 13.2. The lowest BCUT2D eigenvalue weighted by Gasteiger charge is -2.19. The first kappa shape index (κ1) is 10.1. The van der Waals surface area contributed by atoms with Gasteiger partial charge in [-0.25, -0.2) is 0 Å². The summed E-state index contributed by atoms with van der Waals surface area (Å²) in [7, 11) is 0. The minimum Gasteiger partial charge on any atom is -0.274 e. The van der Waals surface area contributed by atoms with Gasteiger partial charge in [0, 0.05) is 0 Å². The van der Waals surface area contributed by atoms with Crippen LogP contribution in [0.3, 0.4) is 0 Å². The molecule has 0 aromatic heterocycles. The van der Waals surface area contributed by atoms with E-state index in [-0.39, 0.29) is 23.7 Å². The number of anilines is 1. The Morgan fingerprint density at radius 2 is 1.35 bits per heavy atom. The average molecular weight is 265 g/mol. The first-order chi connectivity index (χ1) is 9.79. The quantitative estimate of drug-likeness (QED) is 0.728. The fourth-order valence-electron chi connectivity index (χ4n) is 6.65. The Bertz CT molecular complexity index is 633. The maximum atomic E-state index is 12.8. The monoisotopic (exact) mass is 265 g/mol. The number of para-hydroxylation sites is 1. The minimum absolute atomic E-state index is 0.0199. The first-order valence-corrected chi connectivity index (χ1v) is 7.72. The molecule has 6 bridgehead atoms. The summed E-state index contributed by atoms with van der Waals surface area (Å²) in [6, 6.07) is 9.46. The van der Waals surface area contributed by atoms with Crippen molar-refractivity contribution in [3.05, 3.63) is 30.3 Å². The van der Waals surface area contributed by atoms with Crippen LogP contribution in [0.4, 0.5) is 5.69 Å². The lowest BCUT2D eigenvalue weighted by molar-refractivity contribution is -0.123. The van der Waals surface area contributed by atoms with E-state index < -0.39 is 0 Å². The van der Waals surface area contributed by atoms with Crippen LogP contribution < -0.4 is 4.90 Å². The molecule has 0 spiro atoms. The molecule has 1 saturated heterocycles. The van der Waals surface area contributed by atoms with Crippen molar-refractivity contribution >= 4 is 17.5 Å². The predicted molar refractivity (Wildman–Crippen MR) is 71.5 cm³/mol. The number of carbonyl (C=O) groups excluding carboxylic acids is 2. The molecular weight excluding hydrogens is 250 g/mol. The number of hydrogen-bond donors (Lipinski definition) is 0. The third-order valence-electron chi connectivity index (χ3n) is 6.96. The van der Waals surface area contributed by atoms with Crippen molar-refractivity contribution in [3.8, 4) is 0 Å². The topological polar surface area (TPSA) is 37.4 Å². The van der Waals surface area contributed by atoms with Gasteiger partial charge in [0.1, 0.15) is 0 Å². The number of hydrogen-bond acceptors (Lipinski definition) is 2. The summed E-state index contributed by atoms with van der Waals surface area (Å²) in [5.74, 6) is 4.51. The van der Waals surface area contributed by atoms with E-state index in [0.29, 0.717) is 17.8 Å². The van der Waals surface area contributed by atoms with E-state index in [9.17, 15) is 9.59 Å². The normalized spacial score (nSPS) is 52.9. The van der Waals surface area contributed by atoms with E-state index in [4.69, 9.17) is 0 Å². The first-order valence-electron chi connectivity index (χ1n) is 7.72. The molecule has 1 aromatic rings. The molecule has 3 heteroatoms. The summed E-state index contributed by atoms with van der Waals surface area (Å²) in [6.45, 7) is 0. The molecule has 1 aliphatic heterocycles. The molecule has 1 heterocycles. The smallest absolute Gasteiger partial charge is 0.237 e. The molecule has 2 amide bonds. The van der Waals surface area contributed by atoms with Gasteiger partial charge in [0.2, 0.25) is 11.8 Å². The third kappa shape index (κ3) is 0.826. The molecule has 6 unspecified atom stereocenters. The van der Waals surface area contributed by atoms with Gasteiger partial charge in [-0.3, -0.25) is 14.5 Å². The van der Waals surface area contributed by atoms with Gasteiger partial charge in [-0.2, -0.15) is 0 Å². The Kier molecular flexibility index (Phi) is 1.45. The van der Waals surface area contributed by atoms with Crippen LogP contribution in [-0.4, -0.2) is 11.8 Å². The SMILES string of the molecule is O=C1C2C(C(=O)N1c1ccccc1)C1C3CC4C(C32)C41. The van der Waals surface area contributed by atoms with E-state index in [2.05, 4.69) is 0 Å². The van der Waals surface area contributed by atoms with Crippen molar-refractivity contribution in [2.45, 2.75) is 6.42 Å². The van der Waals surface area contributed by atoms with Gasteiger partial charge >= 0.3 is 0 Å². The van der Waals surface area contributed by atoms with Crippen molar-refractivity contribution in [3.63, 3.8) is 0 Å². The van der Waals surface area contributed by atoms with Crippen LogP contribution >= 0.6 is 0 Å². The molecule has 6 atom stereocenters. The van der Waals surface area contributed by atoms with E-state index in [1.165, 1.54) is 11.3 Å². The summed E-state index contributed by atoms with van der Waals surface area (Å²) < 4.78 is 0. The van der Waals surface area contributed by atoms with Gasteiger partial charge < -0.3 is 0 Å². The zero-order valence-corrected chi connectivity index (χ0v) is 11.0. The molecular formula is C17H15NO2. The number of benzene rings is 1. The largest absolute Gasteiger partial charge is 0.274 e. The molecule has 5 aliphatic carbocycles. The van der Waals surface area contributed by atoms with Crippen LogP contribution in [-0.2, 0) is 9.59 Å². The molecule has 100 valence electrons. The Labute approximate surface area is 116 Å². The van der Waals surface area contributed by atoms with Crippen molar-refractivity contribution in [2.24, 2.45) is 47.3 Å². The number of amides is 2. The predicted octanol–water partition coefficient (Wildman–Crippen LogP) is 1.93. The fourth-order valence-corrected chi connectivity index (χ4v) is 6.65. The van der Waals surface area contributed by atoms with E-state index in [0.717, 1.165) is 23.4 Å². The van der Waals surface area contributed by atoms with E-state index in [1.54, 1.807) is 0 Å². The number of imide groups is 1. The Balaban J connectivity index is 1.47. The summed E-state index contributed by atoms with van der Waals surface area (Å²) in [4.78, 5) is 27.1. The second-order valence-electron chi connectivity index (χ2n) is 7.27. The van der Waals surface area contributed by atoms with Crippen LogP contribution in [0.1, 0.15) is 6.42 Å². The lowest BCUT2D eigenvalue weighted by Crippen LogP contribution is -2.33. The Morgan fingerprint density at radius 1 is 0.800 bits per heavy atom. The summed E-state index contributed by atoms with van der Waals surface area (Å²) in [5.41, 5.74) is 0.761. The maximum Gasteiger partial charge on any atom is 0.237 e. The molecule has 5 saturated carbocycles.